The molecule has 1 aliphatic heterocycles. The summed E-state index contributed by atoms with van der Waals surface area (Å²) in [6.45, 7) is 1.12. The third kappa shape index (κ3) is 2.61. The maximum absolute atomic E-state index is 11.4. The first-order valence-corrected chi connectivity index (χ1v) is 6.27. The van der Waals surface area contributed by atoms with E-state index in [0.29, 0.717) is 26.1 Å². The Bertz CT molecular complexity index is 219. The molecule has 0 amide bonds. The minimum absolute atomic E-state index is 0.0965. The van der Waals surface area contributed by atoms with Gasteiger partial charge in [-0.2, -0.15) is 0 Å². The Morgan fingerprint density at radius 1 is 1.33 bits per heavy atom. The average molecular weight is 213 g/mol. The molecule has 0 aromatic carbocycles. The van der Waals surface area contributed by atoms with E-state index in [1.54, 1.807) is 0 Å². The van der Waals surface area contributed by atoms with E-state index in [-0.39, 0.29) is 16.9 Å². The molecular formula is C7H13ClO3S. The van der Waals surface area contributed by atoms with Crippen molar-refractivity contribution in [3.05, 3.63) is 0 Å². The van der Waals surface area contributed by atoms with Crippen LogP contribution in [0.15, 0.2) is 0 Å². The van der Waals surface area contributed by atoms with Crippen LogP contribution in [0.2, 0.25) is 0 Å². The number of sulfone groups is 1. The van der Waals surface area contributed by atoms with Crippen LogP contribution in [0.25, 0.3) is 0 Å². The maximum atomic E-state index is 11.4. The van der Waals surface area contributed by atoms with Crippen LogP contribution in [0.4, 0.5) is 0 Å². The molecule has 1 aliphatic rings. The SMILES string of the molecule is O=S(=O)(CCCl)C1CCOCC1. The van der Waals surface area contributed by atoms with Crippen LogP contribution in [0.1, 0.15) is 12.8 Å². The molecule has 5 heteroatoms. The van der Waals surface area contributed by atoms with Crippen LogP contribution in [0.5, 0.6) is 0 Å². The summed E-state index contributed by atoms with van der Waals surface area (Å²) in [7, 11) is -2.95. The average Bonchev–Trinajstić information content (AvgIpc) is 2.06. The highest BCUT2D eigenvalue weighted by Crippen LogP contribution is 2.16. The van der Waals surface area contributed by atoms with Crippen molar-refractivity contribution in [1.82, 2.24) is 0 Å². The molecule has 0 bridgehead atoms. The van der Waals surface area contributed by atoms with Crippen LogP contribution < -0.4 is 0 Å². The lowest BCUT2D eigenvalue weighted by Crippen LogP contribution is -2.31. The summed E-state index contributed by atoms with van der Waals surface area (Å²) in [4.78, 5) is 0. The molecule has 1 rings (SSSR count). The van der Waals surface area contributed by atoms with Crippen LogP contribution in [-0.4, -0.2) is 38.5 Å². The minimum atomic E-state index is -2.95. The van der Waals surface area contributed by atoms with Crippen molar-refractivity contribution in [3.8, 4) is 0 Å². The molecule has 0 spiro atoms. The highest BCUT2D eigenvalue weighted by atomic mass is 35.5. The van der Waals surface area contributed by atoms with Gasteiger partial charge in [0.2, 0.25) is 0 Å². The lowest BCUT2D eigenvalue weighted by atomic mass is 10.2. The maximum Gasteiger partial charge on any atom is 0.154 e. The van der Waals surface area contributed by atoms with Crippen molar-refractivity contribution in [2.24, 2.45) is 0 Å². The Labute approximate surface area is 78.0 Å². The fourth-order valence-corrected chi connectivity index (χ4v) is 3.41. The Kier molecular flexibility index (Phi) is 3.80. The van der Waals surface area contributed by atoms with Crippen LogP contribution in [-0.2, 0) is 14.6 Å². The molecule has 0 aromatic rings. The van der Waals surface area contributed by atoms with Crippen molar-refractivity contribution in [2.45, 2.75) is 18.1 Å². The molecule has 0 N–H and O–H groups in total. The molecule has 0 unspecified atom stereocenters. The topological polar surface area (TPSA) is 43.4 Å². The number of hydrogen-bond donors (Lipinski definition) is 0. The minimum Gasteiger partial charge on any atom is -0.381 e. The molecule has 1 fully saturated rings. The molecule has 0 aliphatic carbocycles. The van der Waals surface area contributed by atoms with Crippen LogP contribution in [0, 0.1) is 0 Å². The molecule has 1 heterocycles. The van der Waals surface area contributed by atoms with Gasteiger partial charge in [0.25, 0.3) is 0 Å². The fourth-order valence-electron chi connectivity index (χ4n) is 1.31. The zero-order valence-electron chi connectivity index (χ0n) is 6.83. The van der Waals surface area contributed by atoms with E-state index >= 15 is 0 Å². The summed E-state index contributed by atoms with van der Waals surface area (Å²) in [5.74, 6) is 0.291. The summed E-state index contributed by atoms with van der Waals surface area (Å²) < 4.78 is 28.0. The van der Waals surface area contributed by atoms with Crippen molar-refractivity contribution < 1.29 is 13.2 Å². The van der Waals surface area contributed by atoms with E-state index in [1.807, 2.05) is 0 Å². The smallest absolute Gasteiger partial charge is 0.154 e. The Morgan fingerprint density at radius 2 is 1.92 bits per heavy atom. The highest BCUT2D eigenvalue weighted by molar-refractivity contribution is 7.92. The van der Waals surface area contributed by atoms with Gasteiger partial charge in [-0.25, -0.2) is 8.42 Å². The molecule has 0 radical (unpaired) electrons. The molecule has 0 atom stereocenters. The van der Waals surface area contributed by atoms with Gasteiger partial charge in [0.1, 0.15) is 0 Å². The van der Waals surface area contributed by atoms with E-state index in [9.17, 15) is 8.42 Å². The zero-order chi connectivity index (χ0) is 9.03. The number of halogens is 1. The number of rotatable bonds is 3. The van der Waals surface area contributed by atoms with Gasteiger partial charge in [-0.1, -0.05) is 0 Å². The Morgan fingerprint density at radius 3 is 2.42 bits per heavy atom. The Hall–Kier alpha value is 0.200. The highest BCUT2D eigenvalue weighted by Gasteiger charge is 2.26. The normalized spacial score (nSPS) is 21.1. The number of hydrogen-bond acceptors (Lipinski definition) is 3. The lowest BCUT2D eigenvalue weighted by molar-refractivity contribution is 0.0984. The first-order chi connectivity index (χ1) is 5.67. The van der Waals surface area contributed by atoms with Crippen LogP contribution >= 0.6 is 11.6 Å². The summed E-state index contributed by atoms with van der Waals surface area (Å²) >= 11 is 5.39. The van der Waals surface area contributed by atoms with Gasteiger partial charge in [0.15, 0.2) is 9.84 Å². The van der Waals surface area contributed by atoms with E-state index in [0.717, 1.165) is 0 Å². The van der Waals surface area contributed by atoms with E-state index in [4.69, 9.17) is 16.3 Å². The van der Waals surface area contributed by atoms with E-state index in [1.165, 1.54) is 0 Å². The number of ether oxygens (including phenoxy) is 1. The zero-order valence-corrected chi connectivity index (χ0v) is 8.40. The van der Waals surface area contributed by atoms with Crippen molar-refractivity contribution in [2.75, 3.05) is 24.8 Å². The van der Waals surface area contributed by atoms with Crippen molar-refractivity contribution in [1.29, 1.82) is 0 Å². The molecule has 3 nitrogen and oxygen atoms in total. The summed E-state index contributed by atoms with van der Waals surface area (Å²) in [5, 5.41) is -0.218. The van der Waals surface area contributed by atoms with Gasteiger partial charge in [0, 0.05) is 19.1 Å². The predicted molar refractivity (Wildman–Crippen MR) is 48.3 cm³/mol. The molecule has 72 valence electrons. The second-order valence-electron chi connectivity index (χ2n) is 2.87. The molecular weight excluding hydrogens is 200 g/mol. The number of alkyl halides is 1. The largest absolute Gasteiger partial charge is 0.381 e. The van der Waals surface area contributed by atoms with E-state index in [2.05, 4.69) is 0 Å². The second-order valence-corrected chi connectivity index (χ2v) is 5.65. The third-order valence-electron chi connectivity index (χ3n) is 2.04. The predicted octanol–water partition coefficient (Wildman–Crippen LogP) is 0.819. The molecule has 0 saturated carbocycles. The van der Waals surface area contributed by atoms with Gasteiger partial charge >= 0.3 is 0 Å². The summed E-state index contributed by atoms with van der Waals surface area (Å²) in [6, 6.07) is 0. The van der Waals surface area contributed by atoms with E-state index < -0.39 is 9.84 Å². The monoisotopic (exact) mass is 212 g/mol. The van der Waals surface area contributed by atoms with Crippen LogP contribution in [0.3, 0.4) is 0 Å². The van der Waals surface area contributed by atoms with Gasteiger partial charge in [-0.15, -0.1) is 11.6 Å². The first kappa shape index (κ1) is 10.3. The molecule has 1 saturated heterocycles. The standard InChI is InChI=1S/C7H13ClO3S/c8-3-6-12(9,10)7-1-4-11-5-2-7/h7H,1-6H2. The van der Waals surface area contributed by atoms with Gasteiger partial charge < -0.3 is 4.74 Å². The van der Waals surface area contributed by atoms with Crippen molar-refractivity contribution in [3.63, 3.8) is 0 Å². The quantitative estimate of drug-likeness (QED) is 0.651. The van der Waals surface area contributed by atoms with Gasteiger partial charge in [-0.3, -0.25) is 0 Å². The second kappa shape index (κ2) is 4.44. The fraction of sp³-hybridized carbons (Fsp3) is 1.00. The lowest BCUT2D eigenvalue weighted by Gasteiger charge is -2.21. The third-order valence-corrected chi connectivity index (χ3v) is 4.71. The van der Waals surface area contributed by atoms with Crippen molar-refractivity contribution >= 4 is 21.4 Å². The Balaban J connectivity index is 2.54. The summed E-state index contributed by atoms with van der Waals surface area (Å²) in [5.41, 5.74) is 0. The summed E-state index contributed by atoms with van der Waals surface area (Å²) in [6.07, 6.45) is 1.25. The van der Waals surface area contributed by atoms with Gasteiger partial charge in [0.05, 0.1) is 11.0 Å². The van der Waals surface area contributed by atoms with Gasteiger partial charge in [-0.05, 0) is 12.8 Å². The molecule has 12 heavy (non-hydrogen) atoms. The first-order valence-electron chi connectivity index (χ1n) is 4.02. The molecule has 0 aromatic heterocycles.